The number of furan rings is 1. The van der Waals surface area contributed by atoms with E-state index in [0.717, 1.165) is 16.5 Å². The third-order valence-electron chi connectivity index (χ3n) is 2.09. The molecule has 2 aromatic rings. The molecular formula is C12H9N3O. The van der Waals surface area contributed by atoms with Crippen LogP contribution in [0.2, 0.25) is 0 Å². The fourth-order valence-corrected chi connectivity index (χ4v) is 1.36. The highest BCUT2D eigenvalue weighted by Gasteiger charge is 1.95. The Labute approximate surface area is 92.5 Å². The largest absolute Gasteiger partial charge is 0.464 e. The van der Waals surface area contributed by atoms with Crippen LogP contribution in [-0.4, -0.2) is 6.54 Å². The summed E-state index contributed by atoms with van der Waals surface area (Å²) in [5, 5.41) is 4.45. The lowest BCUT2D eigenvalue weighted by Crippen LogP contribution is -1.76. The van der Waals surface area contributed by atoms with E-state index in [0.29, 0.717) is 13.0 Å². The molecule has 0 amide bonds. The molecule has 4 nitrogen and oxygen atoms in total. The maximum Gasteiger partial charge on any atom is 0.133 e. The first-order valence-electron chi connectivity index (χ1n) is 4.87. The summed E-state index contributed by atoms with van der Waals surface area (Å²) in [6.45, 7) is 0.414. The molecule has 0 bridgehead atoms. The van der Waals surface area contributed by atoms with Gasteiger partial charge in [-0.1, -0.05) is 17.0 Å². The zero-order valence-electron chi connectivity index (χ0n) is 8.55. The lowest BCUT2D eigenvalue weighted by Gasteiger charge is -1.90. The Bertz CT molecular complexity index is 597. The Morgan fingerprint density at radius 2 is 2.31 bits per heavy atom. The molecule has 0 unspecified atom stereocenters. The van der Waals surface area contributed by atoms with Gasteiger partial charge in [0, 0.05) is 28.8 Å². The van der Waals surface area contributed by atoms with Crippen molar-refractivity contribution in [1.82, 2.24) is 0 Å². The maximum absolute atomic E-state index is 8.08. The van der Waals surface area contributed by atoms with E-state index in [1.165, 1.54) is 0 Å². The first-order chi connectivity index (χ1) is 7.90. The summed E-state index contributed by atoms with van der Waals surface area (Å²) >= 11 is 0. The number of hydrogen-bond acceptors (Lipinski definition) is 2. The molecule has 0 N–H and O–H groups in total. The van der Waals surface area contributed by atoms with Gasteiger partial charge in [0.1, 0.15) is 5.58 Å². The summed E-state index contributed by atoms with van der Waals surface area (Å²) in [7, 11) is 0. The Hall–Kier alpha value is -2.37. The van der Waals surface area contributed by atoms with Crippen LogP contribution in [0.1, 0.15) is 12.0 Å². The van der Waals surface area contributed by atoms with Crippen LogP contribution < -0.4 is 0 Å². The molecule has 0 aliphatic carbocycles. The first kappa shape index (κ1) is 10.2. The fraction of sp³-hybridized carbons (Fsp3) is 0.167. The minimum atomic E-state index is 0.414. The molecule has 0 spiro atoms. The lowest BCUT2D eigenvalue weighted by atomic mass is 10.1. The highest BCUT2D eigenvalue weighted by Crippen LogP contribution is 2.16. The predicted molar refractivity (Wildman–Crippen MR) is 61.7 cm³/mol. The SMILES string of the molecule is [N-]=[N+]=NCCC#Cc1ccc2occc2c1. The molecule has 4 heteroatoms. The standard InChI is InChI=1S/C12H9N3O/c13-15-14-7-2-1-3-10-4-5-12-11(9-10)6-8-16-12/h4-6,8-9H,2,7H2. The normalized spacial score (nSPS) is 9.25. The van der Waals surface area contributed by atoms with Gasteiger partial charge in [-0.2, -0.15) is 0 Å². The first-order valence-corrected chi connectivity index (χ1v) is 4.87. The lowest BCUT2D eigenvalue weighted by molar-refractivity contribution is 0.616. The van der Waals surface area contributed by atoms with Crippen molar-refractivity contribution in [1.29, 1.82) is 0 Å². The fourth-order valence-electron chi connectivity index (χ4n) is 1.36. The summed E-state index contributed by atoms with van der Waals surface area (Å²) in [6, 6.07) is 7.68. The van der Waals surface area contributed by atoms with Crippen molar-refractivity contribution in [3.05, 3.63) is 46.5 Å². The number of hydrogen-bond donors (Lipinski definition) is 0. The van der Waals surface area contributed by atoms with E-state index >= 15 is 0 Å². The van der Waals surface area contributed by atoms with Crippen molar-refractivity contribution in [3.8, 4) is 11.8 Å². The molecule has 1 heterocycles. The van der Waals surface area contributed by atoms with E-state index in [-0.39, 0.29) is 0 Å². The van der Waals surface area contributed by atoms with E-state index in [4.69, 9.17) is 9.95 Å². The van der Waals surface area contributed by atoms with Gasteiger partial charge >= 0.3 is 0 Å². The Balaban J connectivity index is 2.11. The minimum absolute atomic E-state index is 0.414. The smallest absolute Gasteiger partial charge is 0.133 e. The Morgan fingerprint density at radius 3 is 3.19 bits per heavy atom. The second-order valence-electron chi connectivity index (χ2n) is 3.18. The summed E-state index contributed by atoms with van der Waals surface area (Å²) < 4.78 is 5.23. The second kappa shape index (κ2) is 4.92. The molecule has 78 valence electrons. The van der Waals surface area contributed by atoms with Crippen LogP contribution in [0.25, 0.3) is 21.4 Å². The summed E-state index contributed by atoms with van der Waals surface area (Å²) in [5.41, 5.74) is 9.88. The maximum atomic E-state index is 8.08. The van der Waals surface area contributed by atoms with Gasteiger partial charge in [-0.3, -0.25) is 0 Å². The number of rotatable bonds is 2. The van der Waals surface area contributed by atoms with Gasteiger partial charge in [-0.25, -0.2) is 0 Å². The van der Waals surface area contributed by atoms with E-state index in [9.17, 15) is 0 Å². The molecule has 1 aromatic heterocycles. The zero-order valence-corrected chi connectivity index (χ0v) is 8.55. The molecule has 0 radical (unpaired) electrons. The van der Waals surface area contributed by atoms with Gasteiger partial charge in [-0.05, 0) is 29.8 Å². The molecule has 0 fully saturated rings. The van der Waals surface area contributed by atoms with Crippen molar-refractivity contribution in [2.24, 2.45) is 5.11 Å². The topological polar surface area (TPSA) is 61.9 Å². The van der Waals surface area contributed by atoms with Crippen LogP contribution in [0.15, 0.2) is 40.1 Å². The van der Waals surface area contributed by atoms with Crippen LogP contribution in [0.5, 0.6) is 0 Å². The van der Waals surface area contributed by atoms with E-state index in [1.54, 1.807) is 6.26 Å². The predicted octanol–water partition coefficient (Wildman–Crippen LogP) is 3.48. The van der Waals surface area contributed by atoms with E-state index in [1.807, 2.05) is 24.3 Å². The van der Waals surface area contributed by atoms with Crippen LogP contribution in [-0.2, 0) is 0 Å². The number of benzene rings is 1. The molecule has 0 aliphatic heterocycles. The molecule has 2 rings (SSSR count). The third kappa shape index (κ3) is 2.35. The molecule has 0 atom stereocenters. The number of azide groups is 1. The van der Waals surface area contributed by atoms with Crippen molar-refractivity contribution in [2.45, 2.75) is 6.42 Å². The molecule has 1 aromatic carbocycles. The third-order valence-corrected chi connectivity index (χ3v) is 2.09. The van der Waals surface area contributed by atoms with Gasteiger partial charge in [0.05, 0.1) is 6.26 Å². The van der Waals surface area contributed by atoms with Crippen LogP contribution >= 0.6 is 0 Å². The number of nitrogens with zero attached hydrogens (tertiary/aromatic N) is 3. The molecule has 0 saturated carbocycles. The zero-order chi connectivity index (χ0) is 11.2. The molecule has 0 saturated heterocycles. The molecule has 0 aliphatic rings. The van der Waals surface area contributed by atoms with Crippen molar-refractivity contribution < 1.29 is 4.42 Å². The average molecular weight is 211 g/mol. The number of fused-ring (bicyclic) bond motifs is 1. The van der Waals surface area contributed by atoms with Gasteiger partial charge in [0.2, 0.25) is 0 Å². The average Bonchev–Trinajstić information content (AvgIpc) is 2.76. The highest BCUT2D eigenvalue weighted by molar-refractivity contribution is 5.78. The van der Waals surface area contributed by atoms with Crippen molar-refractivity contribution >= 4 is 11.0 Å². The summed E-state index contributed by atoms with van der Waals surface area (Å²) in [4.78, 5) is 2.66. The van der Waals surface area contributed by atoms with Gasteiger partial charge < -0.3 is 4.42 Å². The van der Waals surface area contributed by atoms with Crippen molar-refractivity contribution in [2.75, 3.05) is 6.54 Å². The Morgan fingerprint density at radius 1 is 1.38 bits per heavy atom. The minimum Gasteiger partial charge on any atom is -0.464 e. The van der Waals surface area contributed by atoms with Gasteiger partial charge in [0.25, 0.3) is 0 Å². The molecule has 16 heavy (non-hydrogen) atoms. The van der Waals surface area contributed by atoms with Crippen LogP contribution in [0.3, 0.4) is 0 Å². The highest BCUT2D eigenvalue weighted by atomic mass is 16.3. The summed E-state index contributed by atoms with van der Waals surface area (Å²) in [6.07, 6.45) is 2.23. The monoisotopic (exact) mass is 211 g/mol. The summed E-state index contributed by atoms with van der Waals surface area (Å²) in [5.74, 6) is 5.96. The van der Waals surface area contributed by atoms with Gasteiger partial charge in [-0.15, -0.1) is 0 Å². The second-order valence-corrected chi connectivity index (χ2v) is 3.18. The van der Waals surface area contributed by atoms with Gasteiger partial charge in [0.15, 0.2) is 0 Å². The van der Waals surface area contributed by atoms with Crippen LogP contribution in [0, 0.1) is 11.8 Å². The molecular weight excluding hydrogens is 202 g/mol. The van der Waals surface area contributed by atoms with E-state index < -0.39 is 0 Å². The Kier molecular flexibility index (Phi) is 3.12. The van der Waals surface area contributed by atoms with Crippen LogP contribution in [0.4, 0.5) is 0 Å². The van der Waals surface area contributed by atoms with E-state index in [2.05, 4.69) is 21.9 Å². The quantitative estimate of drug-likeness (QED) is 0.246. The van der Waals surface area contributed by atoms with Crippen molar-refractivity contribution in [3.63, 3.8) is 0 Å².